The minimum atomic E-state index is -3.58. The normalized spacial score (nSPS) is 11.3. The van der Waals surface area contributed by atoms with Gasteiger partial charge in [-0.05, 0) is 49.2 Å². The molecule has 0 aliphatic carbocycles. The summed E-state index contributed by atoms with van der Waals surface area (Å²) >= 11 is 0. The van der Waals surface area contributed by atoms with Gasteiger partial charge in [0, 0.05) is 5.69 Å². The lowest BCUT2D eigenvalue weighted by Gasteiger charge is -2.11. The lowest BCUT2D eigenvalue weighted by atomic mass is 10.2. The van der Waals surface area contributed by atoms with Crippen molar-refractivity contribution in [2.24, 2.45) is 0 Å². The van der Waals surface area contributed by atoms with Crippen molar-refractivity contribution < 1.29 is 8.42 Å². The van der Waals surface area contributed by atoms with Gasteiger partial charge in [0.1, 0.15) is 0 Å². The Morgan fingerprint density at radius 2 is 1.79 bits per heavy atom. The first-order valence-electron chi connectivity index (χ1n) is 5.84. The highest BCUT2D eigenvalue weighted by atomic mass is 32.2. The van der Waals surface area contributed by atoms with Gasteiger partial charge in [0.15, 0.2) is 0 Å². The average molecular weight is 276 g/mol. The summed E-state index contributed by atoms with van der Waals surface area (Å²) in [5.41, 5.74) is 8.42. The summed E-state index contributed by atoms with van der Waals surface area (Å²) in [6.45, 7) is 3.68. The smallest absolute Gasteiger partial charge is 0.261 e. The fourth-order valence-corrected chi connectivity index (χ4v) is 2.96. The summed E-state index contributed by atoms with van der Waals surface area (Å²) < 4.78 is 27.1. The number of nitrogens with two attached hydrogens (primary N) is 1. The van der Waals surface area contributed by atoms with E-state index < -0.39 is 10.0 Å². The minimum absolute atomic E-state index is 0.245. The van der Waals surface area contributed by atoms with Gasteiger partial charge in [-0.3, -0.25) is 4.72 Å². The molecule has 0 radical (unpaired) electrons. The van der Waals surface area contributed by atoms with Gasteiger partial charge in [0.25, 0.3) is 10.0 Å². The number of benzene rings is 2. The van der Waals surface area contributed by atoms with E-state index in [4.69, 9.17) is 5.73 Å². The second-order valence-electron chi connectivity index (χ2n) is 4.50. The van der Waals surface area contributed by atoms with Crippen LogP contribution in [0.15, 0.2) is 47.4 Å². The highest BCUT2D eigenvalue weighted by molar-refractivity contribution is 7.92. The van der Waals surface area contributed by atoms with Crippen molar-refractivity contribution in [1.82, 2.24) is 0 Å². The highest BCUT2D eigenvalue weighted by Gasteiger charge is 2.15. The molecule has 0 atom stereocenters. The van der Waals surface area contributed by atoms with Crippen LogP contribution >= 0.6 is 0 Å². The van der Waals surface area contributed by atoms with E-state index in [0.717, 1.165) is 11.1 Å². The van der Waals surface area contributed by atoms with E-state index in [1.54, 1.807) is 36.4 Å². The SMILES string of the molecule is Cc1cccc(S(=O)(=O)Nc2cc(N)ccc2C)c1. The molecule has 0 unspecified atom stereocenters. The number of nitrogen functional groups attached to an aromatic ring is 1. The van der Waals surface area contributed by atoms with E-state index in [1.165, 1.54) is 0 Å². The Labute approximate surface area is 113 Å². The Balaban J connectivity index is 2.39. The molecule has 5 heteroatoms. The number of rotatable bonds is 3. The summed E-state index contributed by atoms with van der Waals surface area (Å²) in [4.78, 5) is 0.245. The van der Waals surface area contributed by atoms with Crippen LogP contribution in [0.3, 0.4) is 0 Å². The number of hydrogen-bond donors (Lipinski definition) is 2. The largest absolute Gasteiger partial charge is 0.399 e. The van der Waals surface area contributed by atoms with Gasteiger partial charge in [-0.1, -0.05) is 18.2 Å². The standard InChI is InChI=1S/C14H16N2O2S/c1-10-4-3-5-13(8-10)19(17,18)16-14-9-12(15)7-6-11(14)2/h3-9,16H,15H2,1-2H3. The fourth-order valence-electron chi connectivity index (χ4n) is 1.74. The van der Waals surface area contributed by atoms with Crippen LogP contribution in [0.1, 0.15) is 11.1 Å². The molecular formula is C14H16N2O2S. The third kappa shape index (κ3) is 3.06. The van der Waals surface area contributed by atoms with Gasteiger partial charge < -0.3 is 5.73 Å². The third-order valence-electron chi connectivity index (χ3n) is 2.81. The second-order valence-corrected chi connectivity index (χ2v) is 6.18. The minimum Gasteiger partial charge on any atom is -0.399 e. The molecule has 0 bridgehead atoms. The number of aryl methyl sites for hydroxylation is 2. The zero-order valence-corrected chi connectivity index (χ0v) is 11.7. The third-order valence-corrected chi connectivity index (χ3v) is 4.17. The molecule has 0 aliphatic heterocycles. The van der Waals surface area contributed by atoms with Gasteiger partial charge in [-0.2, -0.15) is 0 Å². The van der Waals surface area contributed by atoms with Crippen molar-refractivity contribution in [3.63, 3.8) is 0 Å². The van der Waals surface area contributed by atoms with Crippen LogP contribution in [0, 0.1) is 13.8 Å². The molecule has 0 fully saturated rings. The quantitative estimate of drug-likeness (QED) is 0.847. The summed E-state index contributed by atoms with van der Waals surface area (Å²) in [5, 5.41) is 0. The summed E-state index contributed by atoms with van der Waals surface area (Å²) in [6, 6.07) is 11.9. The van der Waals surface area contributed by atoms with Crippen molar-refractivity contribution in [3.05, 3.63) is 53.6 Å². The highest BCUT2D eigenvalue weighted by Crippen LogP contribution is 2.22. The first-order valence-corrected chi connectivity index (χ1v) is 7.32. The summed E-state index contributed by atoms with van der Waals surface area (Å²) in [7, 11) is -3.58. The van der Waals surface area contributed by atoms with Crippen molar-refractivity contribution in [2.45, 2.75) is 18.7 Å². The van der Waals surface area contributed by atoms with E-state index in [1.807, 2.05) is 19.9 Å². The van der Waals surface area contributed by atoms with E-state index in [0.29, 0.717) is 11.4 Å². The van der Waals surface area contributed by atoms with Crippen molar-refractivity contribution >= 4 is 21.4 Å². The van der Waals surface area contributed by atoms with Crippen LogP contribution in [-0.2, 0) is 10.0 Å². The van der Waals surface area contributed by atoms with Crippen molar-refractivity contribution in [2.75, 3.05) is 10.5 Å². The molecule has 0 saturated carbocycles. The van der Waals surface area contributed by atoms with E-state index in [9.17, 15) is 8.42 Å². The Bertz CT molecular complexity index is 709. The van der Waals surface area contributed by atoms with Gasteiger partial charge in [-0.15, -0.1) is 0 Å². The maximum atomic E-state index is 12.3. The number of anilines is 2. The van der Waals surface area contributed by atoms with Gasteiger partial charge >= 0.3 is 0 Å². The molecule has 2 aromatic rings. The predicted octanol–water partition coefficient (Wildman–Crippen LogP) is 2.69. The topological polar surface area (TPSA) is 72.2 Å². The Morgan fingerprint density at radius 1 is 1.05 bits per heavy atom. The van der Waals surface area contributed by atoms with Crippen LogP contribution < -0.4 is 10.5 Å². The van der Waals surface area contributed by atoms with Gasteiger partial charge in [0.2, 0.25) is 0 Å². The van der Waals surface area contributed by atoms with E-state index >= 15 is 0 Å². The molecule has 0 heterocycles. The van der Waals surface area contributed by atoms with Crippen LogP contribution in [0.4, 0.5) is 11.4 Å². The maximum absolute atomic E-state index is 12.3. The second kappa shape index (κ2) is 4.93. The van der Waals surface area contributed by atoms with Crippen LogP contribution in [0.5, 0.6) is 0 Å². The number of nitrogens with one attached hydrogen (secondary N) is 1. The molecular weight excluding hydrogens is 260 g/mol. The van der Waals surface area contributed by atoms with Gasteiger partial charge in [0.05, 0.1) is 10.6 Å². The van der Waals surface area contributed by atoms with E-state index in [-0.39, 0.29) is 4.90 Å². The summed E-state index contributed by atoms with van der Waals surface area (Å²) in [6.07, 6.45) is 0. The predicted molar refractivity (Wildman–Crippen MR) is 77.6 cm³/mol. The molecule has 2 aromatic carbocycles. The molecule has 0 spiro atoms. The first kappa shape index (κ1) is 13.4. The first-order chi connectivity index (χ1) is 8.88. The van der Waals surface area contributed by atoms with Crippen LogP contribution in [-0.4, -0.2) is 8.42 Å². The molecule has 19 heavy (non-hydrogen) atoms. The van der Waals surface area contributed by atoms with E-state index in [2.05, 4.69) is 4.72 Å². The van der Waals surface area contributed by atoms with Crippen molar-refractivity contribution in [3.8, 4) is 0 Å². The molecule has 0 amide bonds. The molecule has 0 aliphatic rings. The van der Waals surface area contributed by atoms with Crippen LogP contribution in [0.25, 0.3) is 0 Å². The Kier molecular flexibility index (Phi) is 3.48. The molecule has 3 N–H and O–H groups in total. The lowest BCUT2D eigenvalue weighted by molar-refractivity contribution is 0.601. The number of sulfonamides is 1. The molecule has 4 nitrogen and oxygen atoms in total. The lowest BCUT2D eigenvalue weighted by Crippen LogP contribution is -2.14. The zero-order chi connectivity index (χ0) is 14.0. The van der Waals surface area contributed by atoms with Gasteiger partial charge in [-0.25, -0.2) is 8.42 Å². The zero-order valence-electron chi connectivity index (χ0n) is 10.8. The van der Waals surface area contributed by atoms with Crippen molar-refractivity contribution in [1.29, 1.82) is 0 Å². The molecule has 0 aromatic heterocycles. The molecule has 100 valence electrons. The average Bonchev–Trinajstić information content (AvgIpc) is 2.33. The maximum Gasteiger partial charge on any atom is 0.261 e. The molecule has 2 rings (SSSR count). The Morgan fingerprint density at radius 3 is 2.47 bits per heavy atom. The fraction of sp³-hybridized carbons (Fsp3) is 0.143. The van der Waals surface area contributed by atoms with Crippen LogP contribution in [0.2, 0.25) is 0 Å². The monoisotopic (exact) mass is 276 g/mol. The number of hydrogen-bond acceptors (Lipinski definition) is 3. The summed E-state index contributed by atoms with van der Waals surface area (Å²) in [5.74, 6) is 0. The Hall–Kier alpha value is -2.01. The molecule has 0 saturated heterocycles.